The molecule has 3 unspecified atom stereocenters. The van der Waals surface area contributed by atoms with Crippen molar-refractivity contribution in [1.29, 1.82) is 0 Å². The summed E-state index contributed by atoms with van der Waals surface area (Å²) in [5.74, 6) is -0.901. The molecule has 1 heterocycles. The lowest BCUT2D eigenvalue weighted by molar-refractivity contribution is -0.305. The number of carbonyl (C=O) groups excluding carboxylic acids is 2. The second kappa shape index (κ2) is 36.4. The van der Waals surface area contributed by atoms with Gasteiger partial charge in [-0.3, -0.25) is 9.59 Å². The maximum atomic E-state index is 12.7. The lowest BCUT2D eigenvalue weighted by atomic mass is 9.99. The Bertz CT molecular complexity index is 1330. The van der Waals surface area contributed by atoms with Crippen molar-refractivity contribution in [3.8, 4) is 0 Å². The number of hydrogen-bond donors (Lipinski definition) is 4. The van der Waals surface area contributed by atoms with Crippen LogP contribution in [0.25, 0.3) is 0 Å². The van der Waals surface area contributed by atoms with E-state index in [2.05, 4.69) is 44.2 Å². The van der Waals surface area contributed by atoms with Gasteiger partial charge >= 0.3 is 11.9 Å². The summed E-state index contributed by atoms with van der Waals surface area (Å²) in [5, 5.41) is 40.0. The van der Waals surface area contributed by atoms with Gasteiger partial charge in [0, 0.05) is 12.8 Å². The van der Waals surface area contributed by atoms with Gasteiger partial charge in [0.25, 0.3) is 0 Å². The Hall–Kier alpha value is -3.90. The molecule has 0 aromatic rings. The molecule has 57 heavy (non-hydrogen) atoms. The van der Waals surface area contributed by atoms with E-state index in [1.165, 1.54) is 0 Å². The first kappa shape index (κ1) is 51.1. The fourth-order valence-electron chi connectivity index (χ4n) is 5.35. The van der Waals surface area contributed by atoms with Crippen LogP contribution in [0.5, 0.6) is 0 Å². The number of ether oxygens (including phenoxy) is 4. The summed E-state index contributed by atoms with van der Waals surface area (Å²) in [4.78, 5) is 25.3. The highest BCUT2D eigenvalue weighted by atomic mass is 16.7. The number of hydrogen-bond acceptors (Lipinski definition) is 10. The molecule has 0 radical (unpaired) electrons. The Labute approximate surface area is 342 Å². The average Bonchev–Trinajstić information content (AvgIpc) is 3.21. The zero-order valence-corrected chi connectivity index (χ0v) is 34.3. The van der Waals surface area contributed by atoms with Crippen LogP contribution in [-0.4, -0.2) is 89.0 Å². The Kier molecular flexibility index (Phi) is 32.7. The first-order valence-electron chi connectivity index (χ1n) is 20.7. The van der Waals surface area contributed by atoms with E-state index in [9.17, 15) is 30.0 Å². The Morgan fingerprint density at radius 2 is 0.982 bits per heavy atom. The molecule has 318 valence electrons. The van der Waals surface area contributed by atoms with Gasteiger partial charge in [-0.25, -0.2) is 0 Å². The van der Waals surface area contributed by atoms with E-state index >= 15 is 0 Å². The van der Waals surface area contributed by atoms with E-state index in [-0.39, 0.29) is 26.1 Å². The van der Waals surface area contributed by atoms with Gasteiger partial charge in [0.2, 0.25) is 0 Å². The topological polar surface area (TPSA) is 152 Å². The number of carbonyl (C=O) groups is 2. The molecule has 1 rings (SSSR count). The molecule has 6 atom stereocenters. The van der Waals surface area contributed by atoms with Gasteiger partial charge < -0.3 is 39.4 Å². The van der Waals surface area contributed by atoms with E-state index in [1.807, 2.05) is 91.1 Å². The van der Waals surface area contributed by atoms with Gasteiger partial charge in [-0.15, -0.1) is 0 Å². The van der Waals surface area contributed by atoms with E-state index in [4.69, 9.17) is 18.9 Å². The molecule has 0 aromatic heterocycles. The quantitative estimate of drug-likeness (QED) is 0.0306. The van der Waals surface area contributed by atoms with Crippen LogP contribution in [0.15, 0.2) is 122 Å². The molecule has 1 aliphatic heterocycles. The molecular formula is C47H70O10. The molecule has 1 fully saturated rings. The van der Waals surface area contributed by atoms with Crippen molar-refractivity contribution in [2.75, 3.05) is 19.8 Å². The van der Waals surface area contributed by atoms with Crippen molar-refractivity contribution in [2.24, 2.45) is 0 Å². The molecule has 10 nitrogen and oxygen atoms in total. The van der Waals surface area contributed by atoms with Crippen LogP contribution in [0.2, 0.25) is 0 Å². The van der Waals surface area contributed by atoms with Crippen LogP contribution in [0.1, 0.15) is 104 Å². The fourth-order valence-corrected chi connectivity index (χ4v) is 5.35. The molecule has 10 heteroatoms. The van der Waals surface area contributed by atoms with Crippen LogP contribution in [-0.2, 0) is 28.5 Å². The number of esters is 2. The molecular weight excluding hydrogens is 725 g/mol. The molecule has 0 bridgehead atoms. The minimum absolute atomic E-state index is 0.187. The molecule has 0 saturated carbocycles. The SMILES string of the molecule is CC/C=C/C=C/C=C/C=C/C=C/C=C/C=C/CCCCCC(=O)OCC(CO[C@H]1O[C@@H](CO)[C@@H](O)C(O)C1O)OC(=O)CCCCCCC/C=C/C=C/C=C/CC. The largest absolute Gasteiger partial charge is 0.462 e. The van der Waals surface area contributed by atoms with Gasteiger partial charge in [-0.2, -0.15) is 0 Å². The Morgan fingerprint density at radius 3 is 1.49 bits per heavy atom. The van der Waals surface area contributed by atoms with E-state index in [0.717, 1.165) is 64.2 Å². The van der Waals surface area contributed by atoms with Gasteiger partial charge in [-0.05, 0) is 51.4 Å². The van der Waals surface area contributed by atoms with E-state index in [0.29, 0.717) is 12.8 Å². The second-order valence-electron chi connectivity index (χ2n) is 13.6. The molecule has 4 N–H and O–H groups in total. The lowest BCUT2D eigenvalue weighted by Gasteiger charge is -2.39. The van der Waals surface area contributed by atoms with E-state index < -0.39 is 55.4 Å². The van der Waals surface area contributed by atoms with Gasteiger partial charge in [0.15, 0.2) is 12.4 Å². The predicted octanol–water partition coefficient (Wildman–Crippen LogP) is 8.32. The Morgan fingerprint density at radius 1 is 0.544 bits per heavy atom. The van der Waals surface area contributed by atoms with Crippen molar-refractivity contribution in [3.63, 3.8) is 0 Å². The van der Waals surface area contributed by atoms with Crippen molar-refractivity contribution in [3.05, 3.63) is 122 Å². The molecule has 0 spiro atoms. The van der Waals surface area contributed by atoms with Gasteiger partial charge in [0.05, 0.1) is 13.2 Å². The fraction of sp³-hybridized carbons (Fsp3) is 0.532. The number of aliphatic hydroxyl groups is 4. The maximum absolute atomic E-state index is 12.7. The first-order chi connectivity index (χ1) is 27.8. The maximum Gasteiger partial charge on any atom is 0.306 e. The van der Waals surface area contributed by atoms with Crippen LogP contribution in [0, 0.1) is 0 Å². The third-order valence-corrected chi connectivity index (χ3v) is 8.60. The van der Waals surface area contributed by atoms with Crippen molar-refractivity contribution in [1.82, 2.24) is 0 Å². The van der Waals surface area contributed by atoms with E-state index in [1.54, 1.807) is 0 Å². The van der Waals surface area contributed by atoms with Crippen molar-refractivity contribution in [2.45, 2.75) is 141 Å². The smallest absolute Gasteiger partial charge is 0.306 e. The summed E-state index contributed by atoms with van der Waals surface area (Å²) in [6, 6.07) is 0. The van der Waals surface area contributed by atoms with Crippen molar-refractivity contribution < 1.29 is 49.0 Å². The number of rotatable bonds is 31. The zero-order chi connectivity index (χ0) is 41.6. The third kappa shape index (κ3) is 28.2. The molecule has 0 amide bonds. The summed E-state index contributed by atoms with van der Waals surface area (Å²) in [6.45, 7) is 3.03. The van der Waals surface area contributed by atoms with Crippen LogP contribution in [0.4, 0.5) is 0 Å². The predicted molar refractivity (Wildman–Crippen MR) is 228 cm³/mol. The van der Waals surface area contributed by atoms with Crippen LogP contribution >= 0.6 is 0 Å². The number of unbranched alkanes of at least 4 members (excludes halogenated alkanes) is 8. The Balaban J connectivity index is 2.43. The van der Waals surface area contributed by atoms with Crippen LogP contribution < -0.4 is 0 Å². The lowest BCUT2D eigenvalue weighted by Crippen LogP contribution is -2.59. The van der Waals surface area contributed by atoms with Crippen molar-refractivity contribution >= 4 is 11.9 Å². The highest BCUT2D eigenvalue weighted by molar-refractivity contribution is 5.70. The summed E-state index contributed by atoms with van der Waals surface area (Å²) >= 11 is 0. The molecule has 0 aliphatic carbocycles. The van der Waals surface area contributed by atoms with Gasteiger partial charge in [-0.1, -0.05) is 161 Å². The molecule has 1 aliphatic rings. The summed E-state index contributed by atoms with van der Waals surface area (Å²) in [7, 11) is 0. The normalized spacial score (nSPS) is 21.5. The molecule has 0 aromatic carbocycles. The second-order valence-corrected chi connectivity index (χ2v) is 13.6. The summed E-state index contributed by atoms with van der Waals surface area (Å²) in [5.41, 5.74) is 0. The highest BCUT2D eigenvalue weighted by Gasteiger charge is 2.44. The minimum Gasteiger partial charge on any atom is -0.462 e. The third-order valence-electron chi connectivity index (χ3n) is 8.60. The highest BCUT2D eigenvalue weighted by Crippen LogP contribution is 2.22. The van der Waals surface area contributed by atoms with Crippen LogP contribution in [0.3, 0.4) is 0 Å². The molecule has 1 saturated heterocycles. The first-order valence-corrected chi connectivity index (χ1v) is 20.7. The average molecular weight is 795 g/mol. The summed E-state index contributed by atoms with van der Waals surface area (Å²) < 4.78 is 22.0. The number of allylic oxidation sites excluding steroid dienone is 20. The van der Waals surface area contributed by atoms with Gasteiger partial charge in [0.1, 0.15) is 31.0 Å². The monoisotopic (exact) mass is 794 g/mol. The zero-order valence-electron chi connectivity index (χ0n) is 34.3. The minimum atomic E-state index is -1.61. The summed E-state index contributed by atoms with van der Waals surface area (Å²) in [6.07, 6.45) is 43.4. The number of aliphatic hydroxyl groups excluding tert-OH is 4. The standard InChI is InChI=1S/C47H70O10/c1-3-5-7-9-11-13-15-17-18-19-20-21-22-24-25-27-29-31-33-35-42(49)54-38-40(39-55-47-46(53)45(52)44(51)41(37-48)57-47)56-43(50)36-34-32-30-28-26-23-16-14-12-10-8-6-4-2/h5-22,24-25,40-41,44-48,51-53H,3-4,23,26-39H2,1-2H3/b7-5+,8-6+,11-9+,12-10+,15-13+,16-14+,18-17+,20-19+,22-21+,25-24+/t40?,41-,44+,45?,46?,47-/m0/s1.